The normalized spacial score (nSPS) is 19.6. The van der Waals surface area contributed by atoms with E-state index in [0.29, 0.717) is 19.6 Å². The molecule has 0 bridgehead atoms. The summed E-state index contributed by atoms with van der Waals surface area (Å²) in [5.41, 5.74) is 3.90. The van der Waals surface area contributed by atoms with Crippen molar-refractivity contribution in [3.63, 3.8) is 0 Å². The number of likely N-dealkylation sites (tertiary alicyclic amines) is 1. The van der Waals surface area contributed by atoms with E-state index in [1.54, 1.807) is 30.7 Å². The van der Waals surface area contributed by atoms with E-state index in [9.17, 15) is 14.3 Å². The Bertz CT molecular complexity index is 1250. The van der Waals surface area contributed by atoms with Gasteiger partial charge in [0.1, 0.15) is 17.6 Å². The van der Waals surface area contributed by atoms with Gasteiger partial charge in [0, 0.05) is 25.8 Å². The molecule has 1 fully saturated rings. The fourth-order valence-electron chi connectivity index (χ4n) is 4.90. The zero-order chi connectivity index (χ0) is 22.9. The van der Waals surface area contributed by atoms with Crippen LogP contribution in [0, 0.1) is 17.1 Å². The van der Waals surface area contributed by atoms with E-state index in [2.05, 4.69) is 10.3 Å². The molecule has 0 radical (unpaired) electrons. The summed E-state index contributed by atoms with van der Waals surface area (Å²) in [6.45, 7) is 1.57. The number of carbonyl (C=O) groups excluding carboxylic acids is 1. The molecule has 2 aliphatic rings. The molecule has 8 heteroatoms. The van der Waals surface area contributed by atoms with E-state index in [1.807, 2.05) is 21.6 Å². The lowest BCUT2D eigenvalue weighted by molar-refractivity contribution is -0.131. The first kappa shape index (κ1) is 21.2. The van der Waals surface area contributed by atoms with Crippen molar-refractivity contribution in [1.82, 2.24) is 19.8 Å². The van der Waals surface area contributed by atoms with Gasteiger partial charge in [-0.2, -0.15) is 5.26 Å². The smallest absolute Gasteiger partial charge is 0.240 e. The molecule has 5 rings (SSSR count). The SMILES string of the molecule is N#Cc1ccc(Cn2cncc2CN[C@@H]2CCN([C@H]3CCc4ccc(O)cc43)C2=O)cc1F. The third-order valence-electron chi connectivity index (χ3n) is 6.63. The van der Waals surface area contributed by atoms with Crippen LogP contribution in [0.5, 0.6) is 5.75 Å². The maximum absolute atomic E-state index is 13.9. The number of aromatic nitrogens is 2. The summed E-state index contributed by atoms with van der Waals surface area (Å²) in [4.78, 5) is 19.3. The Labute approximate surface area is 191 Å². The molecule has 1 aromatic heterocycles. The predicted molar refractivity (Wildman–Crippen MR) is 119 cm³/mol. The molecule has 2 aromatic carbocycles. The number of nitrogens with one attached hydrogen (secondary N) is 1. The van der Waals surface area contributed by atoms with Gasteiger partial charge in [-0.1, -0.05) is 12.1 Å². The molecule has 0 saturated carbocycles. The lowest BCUT2D eigenvalue weighted by atomic mass is 10.1. The number of fused-ring (bicyclic) bond motifs is 1. The van der Waals surface area contributed by atoms with Crippen molar-refractivity contribution in [2.75, 3.05) is 6.54 Å². The molecule has 1 aliphatic carbocycles. The van der Waals surface area contributed by atoms with Crippen molar-refractivity contribution < 1.29 is 14.3 Å². The maximum Gasteiger partial charge on any atom is 0.240 e. The second-order valence-electron chi connectivity index (χ2n) is 8.63. The van der Waals surface area contributed by atoms with E-state index >= 15 is 0 Å². The third-order valence-corrected chi connectivity index (χ3v) is 6.63. The van der Waals surface area contributed by atoms with E-state index in [-0.39, 0.29) is 29.3 Å². The molecule has 1 aliphatic heterocycles. The number of benzene rings is 2. The molecule has 1 amide bonds. The number of amides is 1. The summed E-state index contributed by atoms with van der Waals surface area (Å²) in [6, 6.07) is 11.6. The molecule has 33 heavy (non-hydrogen) atoms. The quantitative estimate of drug-likeness (QED) is 0.608. The van der Waals surface area contributed by atoms with Gasteiger partial charge in [-0.25, -0.2) is 9.37 Å². The Balaban J connectivity index is 1.23. The van der Waals surface area contributed by atoms with Gasteiger partial charge in [-0.05, 0) is 60.2 Å². The molecule has 2 atom stereocenters. The number of hydrogen-bond acceptors (Lipinski definition) is 5. The predicted octanol–water partition coefficient (Wildman–Crippen LogP) is 3.03. The van der Waals surface area contributed by atoms with Crippen molar-refractivity contribution in [1.29, 1.82) is 5.26 Å². The van der Waals surface area contributed by atoms with Crippen LogP contribution in [-0.2, 0) is 24.3 Å². The molecule has 0 unspecified atom stereocenters. The summed E-state index contributed by atoms with van der Waals surface area (Å²) in [5.74, 6) is -0.220. The van der Waals surface area contributed by atoms with Gasteiger partial charge in [0.25, 0.3) is 0 Å². The average molecular weight is 445 g/mol. The van der Waals surface area contributed by atoms with Crippen molar-refractivity contribution in [2.24, 2.45) is 0 Å². The van der Waals surface area contributed by atoms with E-state index in [4.69, 9.17) is 5.26 Å². The third kappa shape index (κ3) is 4.08. The van der Waals surface area contributed by atoms with Crippen LogP contribution < -0.4 is 5.32 Å². The minimum absolute atomic E-state index is 0.0169. The highest BCUT2D eigenvalue weighted by Crippen LogP contribution is 2.39. The number of nitrogens with zero attached hydrogens (tertiary/aromatic N) is 4. The molecule has 2 N–H and O–H groups in total. The number of phenols is 1. The van der Waals surface area contributed by atoms with Crippen LogP contribution in [0.25, 0.3) is 0 Å². The van der Waals surface area contributed by atoms with Crippen molar-refractivity contribution in [3.05, 3.63) is 82.7 Å². The van der Waals surface area contributed by atoms with Crippen LogP contribution in [0.4, 0.5) is 4.39 Å². The molecule has 7 nitrogen and oxygen atoms in total. The van der Waals surface area contributed by atoms with Gasteiger partial charge < -0.3 is 19.9 Å². The van der Waals surface area contributed by atoms with Gasteiger partial charge in [0.05, 0.1) is 29.7 Å². The zero-order valence-corrected chi connectivity index (χ0v) is 18.0. The van der Waals surface area contributed by atoms with Crippen LogP contribution in [0.15, 0.2) is 48.9 Å². The number of aryl methyl sites for hydroxylation is 1. The summed E-state index contributed by atoms with van der Waals surface area (Å²) < 4.78 is 15.8. The number of carbonyl (C=O) groups is 1. The van der Waals surface area contributed by atoms with Crippen molar-refractivity contribution in [3.8, 4) is 11.8 Å². The number of nitriles is 1. The molecule has 168 valence electrons. The van der Waals surface area contributed by atoms with Crippen LogP contribution in [-0.4, -0.2) is 38.1 Å². The van der Waals surface area contributed by atoms with Crippen molar-refractivity contribution >= 4 is 5.91 Å². The topological polar surface area (TPSA) is 94.2 Å². The van der Waals surface area contributed by atoms with Crippen molar-refractivity contribution in [2.45, 2.75) is 44.4 Å². The van der Waals surface area contributed by atoms with Crippen LogP contribution in [0.3, 0.4) is 0 Å². The highest BCUT2D eigenvalue weighted by molar-refractivity contribution is 5.84. The highest BCUT2D eigenvalue weighted by Gasteiger charge is 2.38. The Kier molecular flexibility index (Phi) is 5.56. The number of halogens is 1. The monoisotopic (exact) mass is 445 g/mol. The molecule has 1 saturated heterocycles. The summed E-state index contributed by atoms with van der Waals surface area (Å²) in [5, 5.41) is 22.1. The van der Waals surface area contributed by atoms with Gasteiger partial charge in [0.15, 0.2) is 0 Å². The zero-order valence-electron chi connectivity index (χ0n) is 18.0. The van der Waals surface area contributed by atoms with Gasteiger partial charge in [0.2, 0.25) is 5.91 Å². The molecule has 0 spiro atoms. The number of rotatable bonds is 6. The van der Waals surface area contributed by atoms with Crippen LogP contribution >= 0.6 is 0 Å². The Hall–Kier alpha value is -3.70. The second-order valence-corrected chi connectivity index (χ2v) is 8.63. The maximum atomic E-state index is 13.9. The molecular formula is C25H24FN5O2. The molecular weight excluding hydrogens is 421 g/mol. The van der Waals surface area contributed by atoms with E-state index in [1.165, 1.54) is 17.7 Å². The van der Waals surface area contributed by atoms with E-state index in [0.717, 1.165) is 36.1 Å². The molecule has 2 heterocycles. The Morgan fingerprint density at radius 2 is 2.12 bits per heavy atom. The van der Waals surface area contributed by atoms with Gasteiger partial charge in [-0.15, -0.1) is 0 Å². The minimum atomic E-state index is -0.534. The average Bonchev–Trinajstić information content (AvgIpc) is 3.51. The van der Waals surface area contributed by atoms with Crippen LogP contribution in [0.1, 0.15) is 46.8 Å². The number of imidazole rings is 1. The lowest BCUT2D eigenvalue weighted by Crippen LogP contribution is -2.39. The minimum Gasteiger partial charge on any atom is -0.508 e. The number of hydrogen-bond donors (Lipinski definition) is 2. The largest absolute Gasteiger partial charge is 0.508 e. The highest BCUT2D eigenvalue weighted by atomic mass is 19.1. The second kappa shape index (κ2) is 8.68. The first-order valence-corrected chi connectivity index (χ1v) is 11.1. The van der Waals surface area contributed by atoms with E-state index < -0.39 is 5.82 Å². The first-order chi connectivity index (χ1) is 16.0. The molecule has 3 aromatic rings. The number of aromatic hydroxyl groups is 1. The van der Waals surface area contributed by atoms with Crippen LogP contribution in [0.2, 0.25) is 0 Å². The fourth-order valence-corrected chi connectivity index (χ4v) is 4.90. The number of phenolic OH excluding ortho intramolecular Hbond substituents is 1. The fraction of sp³-hybridized carbons (Fsp3) is 0.320. The standard InChI is InChI=1S/C25H24FN5O2/c26-22-9-16(1-2-18(22)11-27)14-30-15-28-12-19(30)13-29-23-7-8-31(25(23)33)24-6-4-17-3-5-20(32)10-21(17)24/h1-3,5,9-10,12,15,23-24,29,32H,4,6-8,13-14H2/t23-,24+/m1/s1. The van der Waals surface area contributed by atoms with Gasteiger partial charge >= 0.3 is 0 Å². The Morgan fingerprint density at radius 1 is 1.24 bits per heavy atom. The van der Waals surface area contributed by atoms with Gasteiger partial charge in [-0.3, -0.25) is 4.79 Å². The summed E-state index contributed by atoms with van der Waals surface area (Å²) in [6.07, 6.45) is 5.93. The lowest BCUT2D eigenvalue weighted by Gasteiger charge is -2.25. The summed E-state index contributed by atoms with van der Waals surface area (Å²) in [7, 11) is 0. The first-order valence-electron chi connectivity index (χ1n) is 11.1. The Morgan fingerprint density at radius 3 is 2.94 bits per heavy atom. The summed E-state index contributed by atoms with van der Waals surface area (Å²) >= 11 is 0.